The zero-order chi connectivity index (χ0) is 12.3. The van der Waals surface area contributed by atoms with E-state index in [1.54, 1.807) is 0 Å². The highest BCUT2D eigenvalue weighted by Gasteiger charge is 2.19. The maximum Gasteiger partial charge on any atom is 0.128 e. The van der Waals surface area contributed by atoms with Crippen molar-refractivity contribution in [2.24, 2.45) is 11.7 Å². The zero-order valence-electron chi connectivity index (χ0n) is 10.3. The quantitative estimate of drug-likeness (QED) is 0.901. The summed E-state index contributed by atoms with van der Waals surface area (Å²) in [4.78, 5) is 6.91. The molecule has 1 aromatic heterocycles. The van der Waals surface area contributed by atoms with Gasteiger partial charge < -0.3 is 10.6 Å². The fraction of sp³-hybridized carbons (Fsp3) is 0.615. The molecule has 0 aliphatic carbocycles. The minimum Gasteiger partial charge on any atom is -0.356 e. The van der Waals surface area contributed by atoms with Crippen LogP contribution in [0, 0.1) is 5.92 Å². The first kappa shape index (κ1) is 12.7. The van der Waals surface area contributed by atoms with Crippen LogP contribution in [-0.2, 0) is 6.54 Å². The average molecular weight is 254 g/mol. The van der Waals surface area contributed by atoms with Gasteiger partial charge in [0, 0.05) is 19.6 Å². The van der Waals surface area contributed by atoms with Gasteiger partial charge in [-0.25, -0.2) is 4.98 Å². The molecule has 94 valence electrons. The first-order valence-electron chi connectivity index (χ1n) is 6.35. The number of piperidine rings is 1. The Hall–Kier alpha value is -0.800. The number of rotatable bonds is 3. The van der Waals surface area contributed by atoms with Gasteiger partial charge in [-0.05, 0) is 30.9 Å². The third kappa shape index (κ3) is 2.90. The molecule has 0 amide bonds. The predicted molar refractivity (Wildman–Crippen MR) is 72.4 cm³/mol. The fourth-order valence-corrected chi connectivity index (χ4v) is 2.58. The standard InChI is InChI=1S/C13H20ClN3/c1-2-10-4-3-7-17(9-10)13-6-5-11(14)12(8-15)16-13/h5-6,10H,2-4,7-9,15H2,1H3. The van der Waals surface area contributed by atoms with Gasteiger partial charge in [0.2, 0.25) is 0 Å². The van der Waals surface area contributed by atoms with Crippen molar-refractivity contribution in [1.29, 1.82) is 0 Å². The Morgan fingerprint density at radius 1 is 1.53 bits per heavy atom. The molecule has 2 N–H and O–H groups in total. The van der Waals surface area contributed by atoms with E-state index in [0.29, 0.717) is 11.6 Å². The first-order valence-corrected chi connectivity index (χ1v) is 6.72. The van der Waals surface area contributed by atoms with Gasteiger partial charge >= 0.3 is 0 Å². The van der Waals surface area contributed by atoms with Gasteiger partial charge in [-0.15, -0.1) is 0 Å². The van der Waals surface area contributed by atoms with E-state index in [4.69, 9.17) is 17.3 Å². The molecule has 2 rings (SSSR count). The minimum absolute atomic E-state index is 0.401. The second-order valence-corrected chi connectivity index (χ2v) is 5.07. The number of anilines is 1. The molecule has 1 fully saturated rings. The van der Waals surface area contributed by atoms with E-state index in [0.717, 1.165) is 30.5 Å². The lowest BCUT2D eigenvalue weighted by Gasteiger charge is -2.33. The summed E-state index contributed by atoms with van der Waals surface area (Å²) >= 11 is 6.03. The molecule has 1 unspecified atom stereocenters. The number of halogens is 1. The topological polar surface area (TPSA) is 42.1 Å². The number of aromatic nitrogens is 1. The van der Waals surface area contributed by atoms with Crippen molar-refractivity contribution in [1.82, 2.24) is 4.98 Å². The van der Waals surface area contributed by atoms with Crippen LogP contribution < -0.4 is 10.6 Å². The van der Waals surface area contributed by atoms with Crippen molar-refractivity contribution in [3.8, 4) is 0 Å². The van der Waals surface area contributed by atoms with Crippen LogP contribution in [0.4, 0.5) is 5.82 Å². The van der Waals surface area contributed by atoms with Gasteiger partial charge in [-0.2, -0.15) is 0 Å². The SMILES string of the molecule is CCC1CCCN(c2ccc(Cl)c(CN)n2)C1. The zero-order valence-corrected chi connectivity index (χ0v) is 11.1. The van der Waals surface area contributed by atoms with Crippen LogP contribution in [0.2, 0.25) is 5.02 Å². The molecule has 1 atom stereocenters. The van der Waals surface area contributed by atoms with Gasteiger partial charge in [-0.3, -0.25) is 0 Å². The molecule has 1 aliphatic rings. The largest absolute Gasteiger partial charge is 0.356 e. The van der Waals surface area contributed by atoms with E-state index < -0.39 is 0 Å². The number of pyridine rings is 1. The second-order valence-electron chi connectivity index (χ2n) is 4.66. The molecule has 0 bridgehead atoms. The molecule has 0 saturated carbocycles. The second kappa shape index (κ2) is 5.69. The minimum atomic E-state index is 0.401. The van der Waals surface area contributed by atoms with Crippen molar-refractivity contribution >= 4 is 17.4 Å². The van der Waals surface area contributed by atoms with E-state index in [-0.39, 0.29) is 0 Å². The summed E-state index contributed by atoms with van der Waals surface area (Å²) in [6.45, 7) is 4.86. The van der Waals surface area contributed by atoms with Crippen molar-refractivity contribution in [2.45, 2.75) is 32.7 Å². The van der Waals surface area contributed by atoms with Crippen LogP contribution in [0.1, 0.15) is 31.9 Å². The number of nitrogens with zero attached hydrogens (tertiary/aromatic N) is 2. The van der Waals surface area contributed by atoms with Crippen LogP contribution in [0.25, 0.3) is 0 Å². The highest BCUT2D eigenvalue weighted by atomic mass is 35.5. The summed E-state index contributed by atoms with van der Waals surface area (Å²) in [6.07, 6.45) is 3.83. The molecule has 2 heterocycles. The highest BCUT2D eigenvalue weighted by molar-refractivity contribution is 6.31. The lowest BCUT2D eigenvalue weighted by molar-refractivity contribution is 0.403. The molecule has 1 saturated heterocycles. The lowest BCUT2D eigenvalue weighted by atomic mass is 9.96. The summed E-state index contributed by atoms with van der Waals surface area (Å²) in [7, 11) is 0. The summed E-state index contributed by atoms with van der Waals surface area (Å²) in [6, 6.07) is 3.90. The van der Waals surface area contributed by atoms with Crippen LogP contribution in [0.5, 0.6) is 0 Å². The fourth-order valence-electron chi connectivity index (χ4n) is 2.40. The first-order chi connectivity index (χ1) is 8.24. The summed E-state index contributed by atoms with van der Waals surface area (Å²) in [5, 5.41) is 0.667. The van der Waals surface area contributed by atoms with Crippen molar-refractivity contribution in [3.05, 3.63) is 22.8 Å². The molecule has 0 radical (unpaired) electrons. The molecule has 17 heavy (non-hydrogen) atoms. The van der Waals surface area contributed by atoms with E-state index in [9.17, 15) is 0 Å². The predicted octanol–water partition coefficient (Wildman–Crippen LogP) is 2.82. The molecular formula is C13H20ClN3. The van der Waals surface area contributed by atoms with Gasteiger partial charge in [0.15, 0.2) is 0 Å². The van der Waals surface area contributed by atoms with Crippen LogP contribution >= 0.6 is 11.6 Å². The van der Waals surface area contributed by atoms with Crippen molar-refractivity contribution in [2.75, 3.05) is 18.0 Å². The smallest absolute Gasteiger partial charge is 0.128 e. The van der Waals surface area contributed by atoms with Crippen LogP contribution in [0.3, 0.4) is 0 Å². The van der Waals surface area contributed by atoms with Crippen molar-refractivity contribution in [3.63, 3.8) is 0 Å². The Labute approximate surface area is 108 Å². The van der Waals surface area contributed by atoms with Gasteiger partial charge in [0.05, 0.1) is 10.7 Å². The molecule has 0 spiro atoms. The molecule has 1 aliphatic heterocycles. The van der Waals surface area contributed by atoms with E-state index in [2.05, 4.69) is 16.8 Å². The Morgan fingerprint density at radius 3 is 3.06 bits per heavy atom. The molecular weight excluding hydrogens is 234 g/mol. The summed E-state index contributed by atoms with van der Waals surface area (Å²) in [5.41, 5.74) is 6.43. The van der Waals surface area contributed by atoms with Crippen LogP contribution in [0.15, 0.2) is 12.1 Å². The highest BCUT2D eigenvalue weighted by Crippen LogP contribution is 2.25. The molecule has 0 aromatic carbocycles. The van der Waals surface area contributed by atoms with Crippen molar-refractivity contribution < 1.29 is 0 Å². The maximum atomic E-state index is 6.03. The Kier molecular flexibility index (Phi) is 4.24. The normalized spacial score (nSPS) is 20.6. The number of nitrogens with two attached hydrogens (primary N) is 1. The third-order valence-electron chi connectivity index (χ3n) is 3.52. The van der Waals surface area contributed by atoms with E-state index >= 15 is 0 Å². The van der Waals surface area contributed by atoms with Gasteiger partial charge in [0.25, 0.3) is 0 Å². The average Bonchev–Trinajstić information content (AvgIpc) is 2.39. The Bertz CT molecular complexity index is 381. The number of hydrogen-bond acceptors (Lipinski definition) is 3. The molecule has 3 nitrogen and oxygen atoms in total. The number of hydrogen-bond donors (Lipinski definition) is 1. The van der Waals surface area contributed by atoms with E-state index in [1.807, 2.05) is 12.1 Å². The Morgan fingerprint density at radius 2 is 2.35 bits per heavy atom. The van der Waals surface area contributed by atoms with Crippen LogP contribution in [-0.4, -0.2) is 18.1 Å². The lowest BCUT2D eigenvalue weighted by Crippen LogP contribution is -2.35. The molecule has 1 aromatic rings. The van der Waals surface area contributed by atoms with Gasteiger partial charge in [-0.1, -0.05) is 24.9 Å². The summed E-state index contributed by atoms with van der Waals surface area (Å²) < 4.78 is 0. The molecule has 4 heteroatoms. The maximum absolute atomic E-state index is 6.03. The third-order valence-corrected chi connectivity index (χ3v) is 3.86. The summed E-state index contributed by atoms with van der Waals surface area (Å²) in [5.74, 6) is 1.82. The van der Waals surface area contributed by atoms with E-state index in [1.165, 1.54) is 19.3 Å². The monoisotopic (exact) mass is 253 g/mol. The van der Waals surface area contributed by atoms with Gasteiger partial charge in [0.1, 0.15) is 5.82 Å². The Balaban J connectivity index is 2.16.